The molecule has 1 aliphatic heterocycles. The highest BCUT2D eigenvalue weighted by Crippen LogP contribution is 2.40. The number of hydrogen-bond acceptors (Lipinski definition) is 6. The van der Waals surface area contributed by atoms with Crippen LogP contribution in [0.1, 0.15) is 55.0 Å². The Balaban J connectivity index is 1.53. The Morgan fingerprint density at radius 3 is 2.66 bits per heavy atom. The number of rotatable bonds is 10. The van der Waals surface area contributed by atoms with Crippen molar-refractivity contribution < 1.29 is 9.53 Å². The Labute approximate surface area is 250 Å². The number of unbranched alkanes of at least 4 members (excludes halogenated alkanes) is 1. The standard InChI is InChI=1S/C32H34ClN5O2S/c1-5-6-17-40-27-14-10-8-12-24(27)29-28(30(39)35-26-16-15-20(2)18-21(26)3)22(4)34-31-36-32(37-38(29)31)41-19-23-11-7-9-13-25(23)33/h7-16,18,29H,5-6,17,19H2,1-4H3,(H,35,39)(H,34,36,37). The third-order valence-electron chi connectivity index (χ3n) is 6.99. The number of halogens is 1. The maximum absolute atomic E-state index is 14.0. The van der Waals surface area contributed by atoms with Gasteiger partial charge in [-0.25, -0.2) is 4.68 Å². The molecule has 0 bridgehead atoms. The number of ether oxygens (including phenoxy) is 1. The fourth-order valence-corrected chi connectivity index (χ4v) is 5.95. The zero-order valence-corrected chi connectivity index (χ0v) is 25.3. The average Bonchev–Trinajstić information content (AvgIpc) is 3.36. The van der Waals surface area contributed by atoms with E-state index in [0.29, 0.717) is 39.8 Å². The number of nitrogens with one attached hydrogen (secondary N) is 2. The van der Waals surface area contributed by atoms with Gasteiger partial charge in [0.05, 0.1) is 12.2 Å². The predicted octanol–water partition coefficient (Wildman–Crippen LogP) is 7.95. The molecule has 0 aliphatic carbocycles. The third kappa shape index (κ3) is 6.44. The van der Waals surface area contributed by atoms with E-state index >= 15 is 0 Å². The Kier molecular flexibility index (Phi) is 9.00. The van der Waals surface area contributed by atoms with Crippen molar-refractivity contribution in [2.45, 2.75) is 57.5 Å². The van der Waals surface area contributed by atoms with Gasteiger partial charge < -0.3 is 15.4 Å². The van der Waals surface area contributed by atoms with E-state index in [1.807, 2.05) is 81.4 Å². The van der Waals surface area contributed by atoms with Gasteiger partial charge in [-0.05, 0) is 56.5 Å². The summed E-state index contributed by atoms with van der Waals surface area (Å²) in [7, 11) is 0. The highest BCUT2D eigenvalue weighted by molar-refractivity contribution is 7.98. The molecule has 1 unspecified atom stereocenters. The summed E-state index contributed by atoms with van der Waals surface area (Å²) >= 11 is 7.89. The number of carbonyl (C=O) groups is 1. The van der Waals surface area contributed by atoms with Gasteiger partial charge in [0, 0.05) is 27.7 Å². The number of aromatic nitrogens is 3. The van der Waals surface area contributed by atoms with Crippen molar-refractivity contribution in [1.29, 1.82) is 0 Å². The fourth-order valence-electron chi connectivity index (χ4n) is 4.84. The molecule has 212 valence electrons. The average molecular weight is 588 g/mol. The number of anilines is 2. The molecule has 5 rings (SSSR count). The van der Waals surface area contributed by atoms with Crippen molar-refractivity contribution >= 4 is 40.9 Å². The van der Waals surface area contributed by atoms with E-state index in [2.05, 4.69) is 23.6 Å². The van der Waals surface area contributed by atoms with Crippen LogP contribution in [0, 0.1) is 13.8 Å². The van der Waals surface area contributed by atoms with Crippen LogP contribution in [0.4, 0.5) is 11.6 Å². The zero-order chi connectivity index (χ0) is 28.9. The Morgan fingerprint density at radius 2 is 1.88 bits per heavy atom. The van der Waals surface area contributed by atoms with Gasteiger partial charge in [0.25, 0.3) is 5.91 Å². The highest BCUT2D eigenvalue weighted by Gasteiger charge is 2.36. The third-order valence-corrected chi connectivity index (χ3v) is 8.25. The Morgan fingerprint density at radius 1 is 1.10 bits per heavy atom. The normalized spacial score (nSPS) is 14.4. The van der Waals surface area contributed by atoms with Crippen LogP contribution in [0.15, 0.2) is 83.2 Å². The fraction of sp³-hybridized carbons (Fsp3) is 0.281. The van der Waals surface area contributed by atoms with Gasteiger partial charge in [0.2, 0.25) is 11.1 Å². The highest BCUT2D eigenvalue weighted by atomic mass is 35.5. The van der Waals surface area contributed by atoms with Crippen LogP contribution in [-0.2, 0) is 10.5 Å². The van der Waals surface area contributed by atoms with Crippen molar-refractivity contribution in [1.82, 2.24) is 14.8 Å². The molecule has 2 heterocycles. The smallest absolute Gasteiger partial charge is 0.255 e. The second-order valence-corrected chi connectivity index (χ2v) is 11.5. The van der Waals surface area contributed by atoms with E-state index in [1.165, 1.54) is 11.8 Å². The summed E-state index contributed by atoms with van der Waals surface area (Å²) < 4.78 is 8.02. The molecule has 1 amide bonds. The van der Waals surface area contributed by atoms with E-state index < -0.39 is 6.04 Å². The molecular formula is C32H34ClN5O2S. The first-order valence-corrected chi connectivity index (χ1v) is 15.1. The summed E-state index contributed by atoms with van der Waals surface area (Å²) in [6.07, 6.45) is 1.96. The van der Waals surface area contributed by atoms with Crippen LogP contribution in [0.25, 0.3) is 0 Å². The zero-order valence-electron chi connectivity index (χ0n) is 23.7. The number of allylic oxidation sites excluding steroid dienone is 1. The van der Waals surface area contributed by atoms with E-state index in [4.69, 9.17) is 26.4 Å². The number of hydrogen-bond donors (Lipinski definition) is 2. The lowest BCUT2D eigenvalue weighted by molar-refractivity contribution is -0.113. The lowest BCUT2D eigenvalue weighted by Crippen LogP contribution is -2.32. The topological polar surface area (TPSA) is 81.1 Å². The first-order chi connectivity index (χ1) is 19.9. The summed E-state index contributed by atoms with van der Waals surface area (Å²) in [4.78, 5) is 18.8. The van der Waals surface area contributed by atoms with E-state index in [1.54, 1.807) is 4.68 Å². The maximum Gasteiger partial charge on any atom is 0.255 e. The number of nitrogens with zero attached hydrogens (tertiary/aromatic N) is 3. The SMILES string of the molecule is CCCCOc1ccccc1C1C(C(=O)Nc2ccc(C)cc2C)=C(C)Nc2nc(SCc3ccccc3Cl)nn21. The molecule has 4 aromatic rings. The quantitative estimate of drug-likeness (QED) is 0.145. The first-order valence-electron chi connectivity index (χ1n) is 13.8. The monoisotopic (exact) mass is 587 g/mol. The number of benzene rings is 3. The summed E-state index contributed by atoms with van der Waals surface area (Å²) in [5, 5.41) is 12.7. The molecule has 0 saturated carbocycles. The molecule has 7 nitrogen and oxygen atoms in total. The predicted molar refractivity (Wildman–Crippen MR) is 167 cm³/mol. The largest absolute Gasteiger partial charge is 0.493 e. The van der Waals surface area contributed by atoms with E-state index in [9.17, 15) is 4.79 Å². The summed E-state index contributed by atoms with van der Waals surface area (Å²) in [6, 6.07) is 21.1. The molecule has 1 atom stereocenters. The molecule has 9 heteroatoms. The summed E-state index contributed by atoms with van der Waals surface area (Å²) in [6.45, 7) is 8.66. The van der Waals surface area contributed by atoms with Gasteiger partial charge in [-0.1, -0.05) is 90.8 Å². The van der Waals surface area contributed by atoms with Crippen molar-refractivity contribution in [2.75, 3.05) is 17.2 Å². The number of carbonyl (C=O) groups excluding carboxylic acids is 1. The van der Waals surface area contributed by atoms with Crippen LogP contribution in [0.2, 0.25) is 5.02 Å². The molecule has 0 spiro atoms. The number of aryl methyl sites for hydroxylation is 2. The molecule has 2 N–H and O–H groups in total. The van der Waals surface area contributed by atoms with Crippen molar-refractivity contribution in [2.24, 2.45) is 0 Å². The van der Waals surface area contributed by atoms with Gasteiger partial charge in [-0.15, -0.1) is 5.10 Å². The lowest BCUT2D eigenvalue weighted by Gasteiger charge is -2.30. The molecule has 0 saturated heterocycles. The van der Waals surface area contributed by atoms with Gasteiger partial charge in [-0.2, -0.15) is 4.98 Å². The number of thioether (sulfide) groups is 1. The molecule has 1 aliphatic rings. The molecule has 41 heavy (non-hydrogen) atoms. The van der Waals surface area contributed by atoms with Gasteiger partial charge in [0.15, 0.2) is 0 Å². The van der Waals surface area contributed by atoms with Crippen LogP contribution in [0.3, 0.4) is 0 Å². The van der Waals surface area contributed by atoms with Crippen molar-refractivity contribution in [3.8, 4) is 5.75 Å². The van der Waals surface area contributed by atoms with Gasteiger partial charge in [0.1, 0.15) is 11.8 Å². The minimum Gasteiger partial charge on any atom is -0.493 e. The van der Waals surface area contributed by atoms with Crippen LogP contribution in [-0.4, -0.2) is 27.3 Å². The van der Waals surface area contributed by atoms with Crippen LogP contribution < -0.4 is 15.4 Å². The maximum atomic E-state index is 14.0. The van der Waals surface area contributed by atoms with E-state index in [-0.39, 0.29) is 5.91 Å². The number of para-hydroxylation sites is 1. The minimum absolute atomic E-state index is 0.207. The molecule has 3 aromatic carbocycles. The van der Waals surface area contributed by atoms with Crippen LogP contribution in [0.5, 0.6) is 5.75 Å². The van der Waals surface area contributed by atoms with Gasteiger partial charge in [-0.3, -0.25) is 4.79 Å². The van der Waals surface area contributed by atoms with Crippen LogP contribution >= 0.6 is 23.4 Å². The molecule has 0 radical (unpaired) electrons. The minimum atomic E-state index is -0.544. The second kappa shape index (κ2) is 12.8. The van der Waals surface area contributed by atoms with Gasteiger partial charge >= 0.3 is 0 Å². The van der Waals surface area contributed by atoms with Crippen molar-refractivity contribution in [3.63, 3.8) is 0 Å². The van der Waals surface area contributed by atoms with Crippen molar-refractivity contribution in [3.05, 3.63) is 105 Å². The Bertz CT molecular complexity index is 1600. The Hall–Kier alpha value is -3.75. The first kappa shape index (κ1) is 28.8. The second-order valence-electron chi connectivity index (χ2n) is 10.1. The summed E-state index contributed by atoms with van der Waals surface area (Å²) in [5.74, 6) is 1.71. The lowest BCUT2D eigenvalue weighted by atomic mass is 9.94. The number of fused-ring (bicyclic) bond motifs is 1. The molecular weight excluding hydrogens is 554 g/mol. The number of amides is 1. The summed E-state index contributed by atoms with van der Waals surface area (Å²) in [5.41, 5.74) is 6.03. The molecule has 1 aromatic heterocycles. The molecule has 0 fully saturated rings. The van der Waals surface area contributed by atoms with E-state index in [0.717, 1.165) is 46.5 Å².